The van der Waals surface area contributed by atoms with E-state index >= 15 is 0 Å². The van der Waals surface area contributed by atoms with Crippen LogP contribution >= 0.6 is 0 Å². The number of halogens is 6. The third-order valence-electron chi connectivity index (χ3n) is 9.65. The summed E-state index contributed by atoms with van der Waals surface area (Å²) in [4.78, 5) is 32.8. The Morgan fingerprint density at radius 3 is 2.28 bits per heavy atom. The topological polar surface area (TPSA) is 100.0 Å². The summed E-state index contributed by atoms with van der Waals surface area (Å²) in [7, 11) is -1.35. The first-order chi connectivity index (χ1) is 23.5. The zero-order valence-corrected chi connectivity index (χ0v) is 27.0. The van der Waals surface area contributed by atoms with Gasteiger partial charge in [0.05, 0.1) is 40.4 Å². The van der Waals surface area contributed by atoms with Crippen LogP contribution in [-0.4, -0.2) is 40.2 Å². The molecule has 6 rings (SSSR count). The number of amides is 2. The number of pyridine rings is 1. The van der Waals surface area contributed by atoms with Crippen LogP contribution < -0.4 is 4.90 Å². The average molecular weight is 698 g/mol. The van der Waals surface area contributed by atoms with Crippen LogP contribution in [0.3, 0.4) is 0 Å². The molecule has 2 fully saturated rings. The highest BCUT2D eigenvalue weighted by molar-refractivity contribution is 6.43. The van der Waals surface area contributed by atoms with Crippen molar-refractivity contribution >= 4 is 36.3 Å². The van der Waals surface area contributed by atoms with Gasteiger partial charge in [-0.3, -0.25) is 14.6 Å². The van der Waals surface area contributed by atoms with Crippen molar-refractivity contribution in [2.75, 3.05) is 4.90 Å². The van der Waals surface area contributed by atoms with Crippen LogP contribution in [0.4, 0.5) is 32.0 Å². The Kier molecular flexibility index (Phi) is 9.46. The molecule has 2 saturated heterocycles. The number of alkyl halides is 6. The van der Waals surface area contributed by atoms with Crippen LogP contribution in [0.2, 0.25) is 6.32 Å². The molecule has 3 aliphatic rings. The zero-order chi connectivity index (χ0) is 36.1. The molecule has 14 heteroatoms. The molecule has 7 nitrogen and oxygen atoms in total. The minimum atomic E-state index is -5.17. The van der Waals surface area contributed by atoms with Crippen LogP contribution in [0.15, 0.2) is 78.0 Å². The van der Waals surface area contributed by atoms with Crippen LogP contribution in [0.25, 0.3) is 11.6 Å². The molecular weight excluding hydrogens is 665 g/mol. The number of hydrogen-bond acceptors (Lipinski definition) is 6. The van der Waals surface area contributed by atoms with E-state index in [2.05, 4.69) is 4.98 Å². The predicted octanol–water partition coefficient (Wildman–Crippen LogP) is 7.80. The zero-order valence-electron chi connectivity index (χ0n) is 27.0. The molecule has 0 unspecified atom stereocenters. The van der Waals surface area contributed by atoms with E-state index in [1.807, 2.05) is 38.1 Å². The lowest BCUT2D eigenvalue weighted by atomic mass is 9.57. The monoisotopic (exact) mass is 698 g/mol. The molecule has 262 valence electrons. The van der Waals surface area contributed by atoms with Crippen molar-refractivity contribution in [3.8, 4) is 5.75 Å². The molecule has 1 aromatic heterocycles. The van der Waals surface area contributed by atoms with Crippen LogP contribution in [-0.2, 0) is 26.6 Å². The Bertz CT molecular complexity index is 1830. The van der Waals surface area contributed by atoms with Crippen molar-refractivity contribution < 1.29 is 50.7 Å². The molecule has 2 aliphatic heterocycles. The number of phenolic OH excluding ortho intramolecular Hbond substituents is 1. The number of nitrogens with zero attached hydrogens (tertiary/aromatic N) is 2. The van der Waals surface area contributed by atoms with Crippen molar-refractivity contribution in [3.05, 3.63) is 100 Å². The number of imide groups is 1. The Morgan fingerprint density at radius 2 is 1.68 bits per heavy atom. The lowest BCUT2D eigenvalue weighted by Gasteiger charge is -2.44. The summed E-state index contributed by atoms with van der Waals surface area (Å²) in [6.07, 6.45) is -6.89. The summed E-state index contributed by atoms with van der Waals surface area (Å²) in [5, 5.41) is 21.0. The second-order valence-corrected chi connectivity index (χ2v) is 13.2. The first-order valence-corrected chi connectivity index (χ1v) is 16.2. The minimum Gasteiger partial charge on any atom is -0.508 e. The van der Waals surface area contributed by atoms with Crippen molar-refractivity contribution in [2.24, 2.45) is 23.7 Å². The second kappa shape index (κ2) is 13.4. The average Bonchev–Trinajstić information content (AvgIpc) is 3.30. The van der Waals surface area contributed by atoms with E-state index in [9.17, 15) is 46.1 Å². The van der Waals surface area contributed by atoms with E-state index < -0.39 is 72.0 Å². The van der Waals surface area contributed by atoms with Gasteiger partial charge in [-0.25, -0.2) is 4.90 Å². The van der Waals surface area contributed by atoms with E-state index in [0.717, 1.165) is 11.1 Å². The van der Waals surface area contributed by atoms with E-state index in [1.165, 1.54) is 0 Å². The molecule has 50 heavy (non-hydrogen) atoms. The summed E-state index contributed by atoms with van der Waals surface area (Å²) in [5.41, 5.74) is -0.386. The first kappa shape index (κ1) is 35.4. The highest BCUT2D eigenvalue weighted by Gasteiger charge is 2.58. The third kappa shape index (κ3) is 6.95. The number of allylic oxidation sites excluding steroid dienone is 2. The quantitative estimate of drug-likeness (QED) is 0.113. The van der Waals surface area contributed by atoms with E-state index in [-0.39, 0.29) is 30.5 Å². The Morgan fingerprint density at radius 1 is 0.980 bits per heavy atom. The van der Waals surface area contributed by atoms with Gasteiger partial charge in [0.1, 0.15) is 5.75 Å². The maximum atomic E-state index is 14.1. The molecule has 3 heterocycles. The minimum absolute atomic E-state index is 0.0499. The fourth-order valence-corrected chi connectivity index (χ4v) is 7.50. The summed E-state index contributed by atoms with van der Waals surface area (Å²) >= 11 is 0. The third-order valence-corrected chi connectivity index (χ3v) is 9.65. The number of fused-ring (bicyclic) bond motifs is 3. The molecule has 0 bridgehead atoms. The molecule has 2 N–H and O–H groups in total. The maximum absolute atomic E-state index is 14.1. The molecule has 2 amide bonds. The molecule has 0 saturated carbocycles. The number of rotatable bonds is 7. The van der Waals surface area contributed by atoms with Gasteiger partial charge in [0, 0.05) is 6.20 Å². The summed E-state index contributed by atoms with van der Waals surface area (Å²) < 4.78 is 88.4. The maximum Gasteiger partial charge on any atom is 0.455 e. The van der Waals surface area contributed by atoms with Gasteiger partial charge in [-0.05, 0) is 103 Å². The largest absolute Gasteiger partial charge is 0.508 e. The smallest absolute Gasteiger partial charge is 0.455 e. The highest BCUT2D eigenvalue weighted by atomic mass is 19.4. The van der Waals surface area contributed by atoms with Crippen LogP contribution in [0.5, 0.6) is 5.75 Å². The fourth-order valence-electron chi connectivity index (χ4n) is 7.50. The molecule has 0 spiro atoms. The van der Waals surface area contributed by atoms with Gasteiger partial charge < -0.3 is 14.8 Å². The van der Waals surface area contributed by atoms with Gasteiger partial charge >= 0.3 is 19.5 Å². The lowest BCUT2D eigenvalue weighted by molar-refractivity contribution is -0.143. The molecule has 3 aromatic rings. The van der Waals surface area contributed by atoms with Gasteiger partial charge in [-0.15, -0.1) is 0 Å². The van der Waals surface area contributed by atoms with E-state index in [0.29, 0.717) is 46.7 Å². The number of aromatic nitrogens is 1. The van der Waals surface area contributed by atoms with Gasteiger partial charge in [0.15, 0.2) is 0 Å². The number of carbonyl (C=O) groups excluding carboxylic acids is 2. The van der Waals surface area contributed by atoms with Crippen molar-refractivity contribution in [2.45, 2.75) is 57.9 Å². The molecule has 1 aliphatic carbocycles. The van der Waals surface area contributed by atoms with Crippen molar-refractivity contribution in [3.63, 3.8) is 0 Å². The number of benzene rings is 2. The van der Waals surface area contributed by atoms with Gasteiger partial charge in [-0.1, -0.05) is 37.6 Å². The van der Waals surface area contributed by atoms with Crippen molar-refractivity contribution in [1.82, 2.24) is 4.98 Å². The molecular formula is C36H33BF6N2O5. The van der Waals surface area contributed by atoms with Gasteiger partial charge in [0.25, 0.3) is 0 Å². The standard InChI is InChI=1S/C36H33BF6N2O5/c1-19(2)26-17-27-32(34(48)45(33(27)47)24-15-22(35(38,39)40)14-23(16-24)36(41,42)43)28-18-37(49)50-30(31(26)28)10-9-21(29-8-3-4-11-44-29)12-20-6-5-7-25(46)13-20/h3-8,11-16,19,27-28,30,32,46,49H,9-10,17-18H2,1-2H3/b21-12-/t27-,28+,30-,32-/m1/s1. The SMILES string of the molecule is CC(C)C1=C2[C@@H](CC/C(=C/c3cccc(O)c3)c3ccccn3)OB(O)C[C@@H]2[C@@H]2C(=O)N(c3cc(C(F)(F)F)cc(C(F)(F)F)c3)C(=O)[C@@H]2C1. The van der Waals surface area contributed by atoms with E-state index in [1.54, 1.807) is 30.5 Å². The van der Waals surface area contributed by atoms with Gasteiger partial charge in [-0.2, -0.15) is 26.3 Å². The van der Waals surface area contributed by atoms with Crippen LogP contribution in [0.1, 0.15) is 55.5 Å². The Labute approximate surface area is 284 Å². The number of phenols is 1. The second-order valence-electron chi connectivity index (χ2n) is 13.2. The first-order valence-electron chi connectivity index (χ1n) is 16.2. The fraction of sp³-hybridized carbons (Fsp3) is 0.361. The van der Waals surface area contributed by atoms with Crippen molar-refractivity contribution in [1.29, 1.82) is 0 Å². The number of anilines is 1. The Balaban J connectivity index is 1.36. The summed E-state index contributed by atoms with van der Waals surface area (Å²) in [6.45, 7) is 3.79. The molecule has 2 aromatic carbocycles. The van der Waals surface area contributed by atoms with Crippen LogP contribution in [0, 0.1) is 23.7 Å². The summed E-state index contributed by atoms with van der Waals surface area (Å²) in [6, 6.07) is 12.8. The number of hydrogen-bond donors (Lipinski definition) is 2. The molecule has 4 atom stereocenters. The van der Waals surface area contributed by atoms with Gasteiger partial charge in [0.2, 0.25) is 11.8 Å². The number of carbonyl (C=O) groups is 2. The normalized spacial score (nSPS) is 23.1. The molecule has 0 radical (unpaired) electrons. The van der Waals surface area contributed by atoms with E-state index in [4.69, 9.17) is 4.65 Å². The number of aromatic hydroxyl groups is 1. The highest BCUT2D eigenvalue weighted by Crippen LogP contribution is 2.53. The summed E-state index contributed by atoms with van der Waals surface area (Å²) in [5.74, 6) is -4.79. The Hall–Kier alpha value is -4.43. The predicted molar refractivity (Wildman–Crippen MR) is 173 cm³/mol. The lowest BCUT2D eigenvalue weighted by Crippen LogP contribution is -2.46.